The van der Waals surface area contributed by atoms with Crippen molar-refractivity contribution in [3.05, 3.63) is 48.6 Å². The van der Waals surface area contributed by atoms with Gasteiger partial charge < -0.3 is 14.2 Å². The van der Waals surface area contributed by atoms with Crippen molar-refractivity contribution in [2.24, 2.45) is 0 Å². The molecule has 6 heteroatoms. The van der Waals surface area contributed by atoms with Crippen LogP contribution in [0.1, 0.15) is 367 Å². The van der Waals surface area contributed by atoms with Gasteiger partial charge in [0.2, 0.25) is 0 Å². The number of ether oxygens (including phenoxy) is 3. The van der Waals surface area contributed by atoms with Crippen molar-refractivity contribution in [2.75, 3.05) is 13.2 Å². The maximum atomic E-state index is 12.9. The number of hydrogen-bond acceptors (Lipinski definition) is 6. The average Bonchev–Trinajstić information content (AvgIpc) is 3.43. The third kappa shape index (κ3) is 64.1. The van der Waals surface area contributed by atoms with Gasteiger partial charge in [0.25, 0.3) is 0 Å². The molecule has 0 spiro atoms. The summed E-state index contributed by atoms with van der Waals surface area (Å²) in [6, 6.07) is 0. The normalized spacial score (nSPS) is 12.3. The zero-order valence-electron chi connectivity index (χ0n) is 51.7. The van der Waals surface area contributed by atoms with Gasteiger partial charge in [-0.15, -0.1) is 0 Å². The van der Waals surface area contributed by atoms with Crippen molar-refractivity contribution >= 4 is 17.9 Å². The summed E-state index contributed by atoms with van der Waals surface area (Å²) in [5.41, 5.74) is 0. The smallest absolute Gasteiger partial charge is 0.306 e. The van der Waals surface area contributed by atoms with Crippen LogP contribution in [0.2, 0.25) is 0 Å². The Balaban J connectivity index is 4.33. The van der Waals surface area contributed by atoms with E-state index in [9.17, 15) is 14.4 Å². The van der Waals surface area contributed by atoms with Crippen LogP contribution in [-0.2, 0) is 28.6 Å². The lowest BCUT2D eigenvalue weighted by Crippen LogP contribution is -2.30. The van der Waals surface area contributed by atoms with Gasteiger partial charge in [0, 0.05) is 19.3 Å². The van der Waals surface area contributed by atoms with Crippen molar-refractivity contribution in [1.29, 1.82) is 0 Å². The van der Waals surface area contributed by atoms with Crippen molar-refractivity contribution in [1.82, 2.24) is 0 Å². The number of carbonyl (C=O) groups is 3. The van der Waals surface area contributed by atoms with Gasteiger partial charge in [-0.3, -0.25) is 14.4 Å². The SMILES string of the molecule is CCCCC/C=C\C/C=C\CCCCCCCCCCCC(=O)OCC(COC(=O)CCCCCCCCCCCCCCCCCCCCCCC)OC(=O)CCCCCCCCCCC/C=C\C/C=C\CCCCC. The van der Waals surface area contributed by atoms with Gasteiger partial charge in [0.1, 0.15) is 13.2 Å². The Morgan fingerprint density at radius 2 is 0.468 bits per heavy atom. The Morgan fingerprint density at radius 1 is 0.260 bits per heavy atom. The van der Waals surface area contributed by atoms with Gasteiger partial charge in [-0.25, -0.2) is 0 Å². The molecule has 0 aromatic carbocycles. The highest BCUT2D eigenvalue weighted by Gasteiger charge is 2.19. The van der Waals surface area contributed by atoms with Crippen molar-refractivity contribution in [3.63, 3.8) is 0 Å². The maximum absolute atomic E-state index is 12.9. The van der Waals surface area contributed by atoms with Gasteiger partial charge in [-0.1, -0.05) is 313 Å². The second-order valence-corrected chi connectivity index (χ2v) is 23.1. The zero-order chi connectivity index (χ0) is 55.7. The molecular formula is C71H130O6. The maximum Gasteiger partial charge on any atom is 0.306 e. The molecule has 0 saturated carbocycles. The molecule has 6 nitrogen and oxygen atoms in total. The molecule has 0 amide bonds. The van der Waals surface area contributed by atoms with Gasteiger partial charge in [-0.2, -0.15) is 0 Å². The summed E-state index contributed by atoms with van der Waals surface area (Å²) in [6.07, 6.45) is 82.6. The van der Waals surface area contributed by atoms with Gasteiger partial charge in [0.15, 0.2) is 6.10 Å². The lowest BCUT2D eigenvalue weighted by molar-refractivity contribution is -0.167. The Morgan fingerprint density at radius 3 is 0.740 bits per heavy atom. The summed E-state index contributed by atoms with van der Waals surface area (Å²) in [7, 11) is 0. The first kappa shape index (κ1) is 74.4. The van der Waals surface area contributed by atoms with Crippen LogP contribution < -0.4 is 0 Å². The zero-order valence-corrected chi connectivity index (χ0v) is 51.7. The Hall–Kier alpha value is -2.63. The third-order valence-corrected chi connectivity index (χ3v) is 15.3. The number of hydrogen-bond donors (Lipinski definition) is 0. The summed E-state index contributed by atoms with van der Waals surface area (Å²) in [5, 5.41) is 0. The minimum atomic E-state index is -0.777. The average molecular weight is 1080 g/mol. The van der Waals surface area contributed by atoms with Crippen molar-refractivity contribution in [3.8, 4) is 0 Å². The molecule has 0 bridgehead atoms. The Kier molecular flexibility index (Phi) is 63.6. The van der Waals surface area contributed by atoms with Crippen LogP contribution >= 0.6 is 0 Å². The molecule has 1 atom stereocenters. The molecule has 0 fully saturated rings. The van der Waals surface area contributed by atoms with E-state index in [2.05, 4.69) is 69.4 Å². The monoisotopic (exact) mass is 1080 g/mol. The Labute approximate surface area is 479 Å². The van der Waals surface area contributed by atoms with Gasteiger partial charge in [-0.05, 0) is 83.5 Å². The highest BCUT2D eigenvalue weighted by Crippen LogP contribution is 2.18. The largest absolute Gasteiger partial charge is 0.462 e. The van der Waals surface area contributed by atoms with Crippen LogP contribution in [0.15, 0.2) is 48.6 Å². The molecule has 1 unspecified atom stereocenters. The predicted octanol–water partition coefficient (Wildman–Crippen LogP) is 23.3. The molecule has 0 rings (SSSR count). The van der Waals surface area contributed by atoms with E-state index in [1.807, 2.05) is 0 Å². The van der Waals surface area contributed by atoms with Gasteiger partial charge in [0.05, 0.1) is 0 Å². The van der Waals surface area contributed by atoms with Crippen LogP contribution in [0, 0.1) is 0 Å². The summed E-state index contributed by atoms with van der Waals surface area (Å²) in [4.78, 5) is 38.4. The lowest BCUT2D eigenvalue weighted by atomic mass is 10.0. The van der Waals surface area contributed by atoms with E-state index in [0.29, 0.717) is 19.3 Å². The van der Waals surface area contributed by atoms with Crippen molar-refractivity contribution in [2.45, 2.75) is 374 Å². The summed E-state index contributed by atoms with van der Waals surface area (Å²) in [6.45, 7) is 6.65. The predicted molar refractivity (Wildman–Crippen MR) is 335 cm³/mol. The third-order valence-electron chi connectivity index (χ3n) is 15.3. The minimum absolute atomic E-state index is 0.0719. The summed E-state index contributed by atoms with van der Waals surface area (Å²) >= 11 is 0. The highest BCUT2D eigenvalue weighted by molar-refractivity contribution is 5.71. The molecule has 0 heterocycles. The topological polar surface area (TPSA) is 78.9 Å². The number of esters is 3. The second-order valence-electron chi connectivity index (χ2n) is 23.1. The number of allylic oxidation sites excluding steroid dienone is 8. The lowest BCUT2D eigenvalue weighted by Gasteiger charge is -2.18. The van der Waals surface area contributed by atoms with E-state index in [4.69, 9.17) is 14.2 Å². The number of unbranched alkanes of at least 4 members (excludes halogenated alkanes) is 44. The summed E-state index contributed by atoms with van der Waals surface area (Å²) in [5.74, 6) is -0.855. The van der Waals surface area contributed by atoms with Crippen LogP contribution in [0.4, 0.5) is 0 Å². The van der Waals surface area contributed by atoms with E-state index < -0.39 is 6.10 Å². The van der Waals surface area contributed by atoms with E-state index in [1.165, 1.54) is 257 Å². The van der Waals surface area contributed by atoms with E-state index in [1.54, 1.807) is 0 Å². The first-order chi connectivity index (χ1) is 38.0. The number of carbonyl (C=O) groups excluding carboxylic acids is 3. The first-order valence-electron chi connectivity index (χ1n) is 34.1. The first-order valence-corrected chi connectivity index (χ1v) is 34.1. The van der Waals surface area contributed by atoms with E-state index in [0.717, 1.165) is 70.6 Å². The molecule has 0 aromatic rings. The van der Waals surface area contributed by atoms with Gasteiger partial charge >= 0.3 is 17.9 Å². The molecule has 0 aromatic heterocycles. The standard InChI is InChI=1S/C71H130O6/c1-4-7-10-13-16-19-22-25-28-31-34-35-38-40-43-46-49-52-55-58-61-64-70(73)76-67-68(77-71(74)65-62-59-56-53-50-47-44-41-37-33-30-27-24-21-18-15-12-9-6-3)66-75-69(72)63-60-57-54-51-48-45-42-39-36-32-29-26-23-20-17-14-11-8-5-2/h17-18,20-21,26-27,29-30,68H,4-16,19,22-25,28,31-67H2,1-3H3/b20-17-,21-18-,29-26-,30-27-. The molecule has 77 heavy (non-hydrogen) atoms. The van der Waals surface area contributed by atoms with Crippen LogP contribution in [0.5, 0.6) is 0 Å². The van der Waals surface area contributed by atoms with E-state index in [-0.39, 0.29) is 31.1 Å². The minimum Gasteiger partial charge on any atom is -0.462 e. The van der Waals surface area contributed by atoms with Crippen LogP contribution in [-0.4, -0.2) is 37.2 Å². The molecule has 0 aliphatic rings. The Bertz CT molecular complexity index is 1330. The molecule has 0 aliphatic carbocycles. The fraction of sp³-hybridized carbons (Fsp3) is 0.845. The second kappa shape index (κ2) is 65.9. The quantitative estimate of drug-likeness (QED) is 0.0261. The molecule has 450 valence electrons. The highest BCUT2D eigenvalue weighted by atomic mass is 16.6. The molecule has 0 radical (unpaired) electrons. The molecule has 0 aliphatic heterocycles. The molecule has 0 N–H and O–H groups in total. The number of rotatable bonds is 63. The molecular weight excluding hydrogens is 949 g/mol. The van der Waals surface area contributed by atoms with Crippen molar-refractivity contribution < 1.29 is 28.6 Å². The molecule has 0 saturated heterocycles. The van der Waals surface area contributed by atoms with Crippen LogP contribution in [0.3, 0.4) is 0 Å². The fourth-order valence-corrected chi connectivity index (χ4v) is 10.2. The van der Waals surface area contributed by atoms with Crippen LogP contribution in [0.25, 0.3) is 0 Å². The van der Waals surface area contributed by atoms with E-state index >= 15 is 0 Å². The fourth-order valence-electron chi connectivity index (χ4n) is 10.2. The summed E-state index contributed by atoms with van der Waals surface area (Å²) < 4.78 is 17.0.